The average Bonchev–Trinajstić information content (AvgIpc) is 2.84. The lowest BCUT2D eigenvalue weighted by Gasteiger charge is -2.26. The van der Waals surface area contributed by atoms with Crippen LogP contribution in [0.25, 0.3) is 6.08 Å². The lowest BCUT2D eigenvalue weighted by atomic mass is 10.1. The number of benzene rings is 3. The van der Waals surface area contributed by atoms with Crippen molar-refractivity contribution in [3.63, 3.8) is 0 Å². The van der Waals surface area contributed by atoms with Gasteiger partial charge in [-0.25, -0.2) is 9.69 Å². The van der Waals surface area contributed by atoms with Gasteiger partial charge in [0.15, 0.2) is 11.5 Å². The number of imide groups is 2. The SMILES string of the molecule is COc1cc(C=C2C(=O)NC(=O)N(c3ccc(Br)cc3)C2=O)ccc1OC(C)c1ccccc1. The van der Waals surface area contributed by atoms with Crippen molar-refractivity contribution in [2.45, 2.75) is 13.0 Å². The normalized spacial score (nSPS) is 15.8. The Bertz CT molecular complexity index is 1270. The molecule has 4 amide bonds. The Balaban J connectivity index is 1.62. The molecule has 0 aliphatic carbocycles. The average molecular weight is 521 g/mol. The molecule has 0 aromatic heterocycles. The molecule has 1 aliphatic rings. The third-order valence-corrected chi connectivity index (χ3v) is 5.79. The topological polar surface area (TPSA) is 84.9 Å². The van der Waals surface area contributed by atoms with E-state index in [4.69, 9.17) is 9.47 Å². The van der Waals surface area contributed by atoms with Gasteiger partial charge in [0, 0.05) is 4.47 Å². The Kier molecular flexibility index (Phi) is 6.79. The molecular formula is C26H21BrN2O5. The van der Waals surface area contributed by atoms with Crippen molar-refractivity contribution in [2.24, 2.45) is 0 Å². The summed E-state index contributed by atoms with van der Waals surface area (Å²) in [6, 6.07) is 20.7. The van der Waals surface area contributed by atoms with Crippen LogP contribution in [0.4, 0.5) is 10.5 Å². The van der Waals surface area contributed by atoms with E-state index >= 15 is 0 Å². The van der Waals surface area contributed by atoms with Crippen LogP contribution in [0, 0.1) is 0 Å². The molecule has 34 heavy (non-hydrogen) atoms. The van der Waals surface area contributed by atoms with E-state index in [9.17, 15) is 14.4 Å². The largest absolute Gasteiger partial charge is 0.493 e. The highest BCUT2D eigenvalue weighted by Gasteiger charge is 2.36. The molecule has 0 radical (unpaired) electrons. The molecule has 3 aromatic rings. The molecule has 1 aliphatic heterocycles. The van der Waals surface area contributed by atoms with Crippen LogP contribution in [0.15, 0.2) is 82.8 Å². The first-order valence-electron chi connectivity index (χ1n) is 10.4. The highest BCUT2D eigenvalue weighted by Crippen LogP contribution is 2.33. The number of amides is 4. The number of hydrogen-bond acceptors (Lipinski definition) is 5. The zero-order valence-electron chi connectivity index (χ0n) is 18.4. The quantitative estimate of drug-likeness (QED) is 0.353. The smallest absolute Gasteiger partial charge is 0.335 e. The summed E-state index contributed by atoms with van der Waals surface area (Å²) in [7, 11) is 1.51. The molecule has 4 rings (SSSR count). The molecule has 0 spiro atoms. The number of hydrogen-bond donors (Lipinski definition) is 1. The van der Waals surface area contributed by atoms with Gasteiger partial charge in [-0.1, -0.05) is 52.3 Å². The molecule has 1 atom stereocenters. The summed E-state index contributed by atoms with van der Waals surface area (Å²) in [5.41, 5.74) is 1.73. The van der Waals surface area contributed by atoms with Crippen LogP contribution in [0.1, 0.15) is 24.2 Å². The fraction of sp³-hybridized carbons (Fsp3) is 0.115. The molecule has 172 valence electrons. The molecule has 0 saturated carbocycles. The van der Waals surface area contributed by atoms with Crippen molar-refractivity contribution >= 4 is 45.5 Å². The molecule has 1 fully saturated rings. The number of halogens is 1. The van der Waals surface area contributed by atoms with Gasteiger partial charge in [-0.3, -0.25) is 14.9 Å². The Morgan fingerprint density at radius 2 is 1.65 bits per heavy atom. The van der Waals surface area contributed by atoms with E-state index in [-0.39, 0.29) is 11.7 Å². The van der Waals surface area contributed by atoms with Crippen LogP contribution in [-0.4, -0.2) is 25.0 Å². The third-order valence-electron chi connectivity index (χ3n) is 5.26. The number of methoxy groups -OCH3 is 1. The Labute approximate surface area is 205 Å². The van der Waals surface area contributed by atoms with Crippen molar-refractivity contribution < 1.29 is 23.9 Å². The van der Waals surface area contributed by atoms with Gasteiger partial charge in [-0.15, -0.1) is 0 Å². The van der Waals surface area contributed by atoms with E-state index in [1.165, 1.54) is 13.2 Å². The molecule has 0 bridgehead atoms. The first-order chi connectivity index (χ1) is 16.4. The van der Waals surface area contributed by atoms with Gasteiger partial charge >= 0.3 is 6.03 Å². The zero-order chi connectivity index (χ0) is 24.2. The monoisotopic (exact) mass is 520 g/mol. The van der Waals surface area contributed by atoms with Crippen LogP contribution in [0.5, 0.6) is 11.5 Å². The number of nitrogens with one attached hydrogen (secondary N) is 1. The fourth-order valence-electron chi connectivity index (χ4n) is 3.50. The van der Waals surface area contributed by atoms with Gasteiger partial charge in [-0.05, 0) is 60.5 Å². The van der Waals surface area contributed by atoms with Crippen LogP contribution in [-0.2, 0) is 9.59 Å². The standard InChI is InChI=1S/C26H21BrN2O5/c1-16(18-6-4-3-5-7-18)34-22-13-8-17(15-23(22)33-2)14-21-24(30)28-26(32)29(25(21)31)20-11-9-19(27)10-12-20/h3-16H,1-2H3,(H,28,30,32). The summed E-state index contributed by atoms with van der Waals surface area (Å²) < 4.78 is 12.3. The number of nitrogens with zero attached hydrogens (tertiary/aromatic N) is 1. The maximum Gasteiger partial charge on any atom is 0.335 e. The van der Waals surface area contributed by atoms with Crippen LogP contribution in [0.3, 0.4) is 0 Å². The third kappa shape index (κ3) is 4.87. The molecule has 1 heterocycles. The number of ether oxygens (including phenoxy) is 2. The van der Waals surface area contributed by atoms with Crippen molar-refractivity contribution in [1.82, 2.24) is 5.32 Å². The summed E-state index contributed by atoms with van der Waals surface area (Å²) >= 11 is 3.32. The fourth-order valence-corrected chi connectivity index (χ4v) is 3.77. The van der Waals surface area contributed by atoms with Gasteiger partial charge in [0.2, 0.25) is 0 Å². The zero-order valence-corrected chi connectivity index (χ0v) is 20.0. The highest BCUT2D eigenvalue weighted by molar-refractivity contribution is 9.10. The van der Waals surface area contributed by atoms with E-state index < -0.39 is 17.8 Å². The van der Waals surface area contributed by atoms with Gasteiger partial charge in [0.25, 0.3) is 11.8 Å². The Hall–Kier alpha value is -3.91. The van der Waals surface area contributed by atoms with Crippen LogP contribution >= 0.6 is 15.9 Å². The number of urea groups is 1. The minimum Gasteiger partial charge on any atom is -0.493 e. The minimum atomic E-state index is -0.800. The van der Waals surface area contributed by atoms with Gasteiger partial charge in [0.1, 0.15) is 11.7 Å². The lowest BCUT2D eigenvalue weighted by molar-refractivity contribution is -0.122. The van der Waals surface area contributed by atoms with Gasteiger partial charge in [-0.2, -0.15) is 0 Å². The summed E-state index contributed by atoms with van der Waals surface area (Å²) in [6.07, 6.45) is 1.21. The summed E-state index contributed by atoms with van der Waals surface area (Å²) in [5.74, 6) is -0.512. The second-order valence-electron chi connectivity index (χ2n) is 7.52. The molecule has 1 unspecified atom stereocenters. The molecule has 3 aromatic carbocycles. The van der Waals surface area contributed by atoms with E-state index in [1.54, 1.807) is 42.5 Å². The number of anilines is 1. The predicted octanol–water partition coefficient (Wildman–Crippen LogP) is 5.26. The van der Waals surface area contributed by atoms with Gasteiger partial charge < -0.3 is 9.47 Å². The highest BCUT2D eigenvalue weighted by atomic mass is 79.9. The van der Waals surface area contributed by atoms with E-state index in [0.29, 0.717) is 22.7 Å². The molecular weight excluding hydrogens is 500 g/mol. The number of rotatable bonds is 6. The predicted molar refractivity (Wildman–Crippen MR) is 132 cm³/mol. The first kappa shape index (κ1) is 23.3. The second-order valence-corrected chi connectivity index (χ2v) is 8.43. The lowest BCUT2D eigenvalue weighted by Crippen LogP contribution is -2.54. The number of barbiturate groups is 1. The van der Waals surface area contributed by atoms with Crippen molar-refractivity contribution in [1.29, 1.82) is 0 Å². The van der Waals surface area contributed by atoms with E-state index in [1.807, 2.05) is 37.3 Å². The van der Waals surface area contributed by atoms with Crippen molar-refractivity contribution in [2.75, 3.05) is 12.0 Å². The first-order valence-corrected chi connectivity index (χ1v) is 11.2. The van der Waals surface area contributed by atoms with Crippen molar-refractivity contribution in [3.05, 3.63) is 94.0 Å². The second kappa shape index (κ2) is 9.93. The van der Waals surface area contributed by atoms with Crippen molar-refractivity contribution in [3.8, 4) is 11.5 Å². The Morgan fingerprint density at radius 1 is 0.941 bits per heavy atom. The molecule has 1 saturated heterocycles. The summed E-state index contributed by atoms with van der Waals surface area (Å²) in [5, 5.41) is 2.22. The molecule has 7 nitrogen and oxygen atoms in total. The molecule has 1 N–H and O–H groups in total. The number of carbonyl (C=O) groups is 3. The Morgan fingerprint density at radius 3 is 2.32 bits per heavy atom. The van der Waals surface area contributed by atoms with Crippen LogP contribution < -0.4 is 19.7 Å². The number of carbonyl (C=O) groups excluding carboxylic acids is 3. The minimum absolute atomic E-state index is 0.170. The maximum atomic E-state index is 13.1. The molecule has 8 heteroatoms. The maximum absolute atomic E-state index is 13.1. The van der Waals surface area contributed by atoms with E-state index in [0.717, 1.165) is 14.9 Å². The van der Waals surface area contributed by atoms with E-state index in [2.05, 4.69) is 21.2 Å². The summed E-state index contributed by atoms with van der Waals surface area (Å²) in [6.45, 7) is 1.93. The summed E-state index contributed by atoms with van der Waals surface area (Å²) in [4.78, 5) is 38.8. The van der Waals surface area contributed by atoms with Crippen LogP contribution in [0.2, 0.25) is 0 Å². The van der Waals surface area contributed by atoms with Gasteiger partial charge in [0.05, 0.1) is 12.8 Å².